The summed E-state index contributed by atoms with van der Waals surface area (Å²) in [5.74, 6) is 0.807. The average molecular weight is 241 g/mol. The number of rotatable bonds is 2. The van der Waals surface area contributed by atoms with Crippen LogP contribution in [0.3, 0.4) is 0 Å². The number of nitrogens with one attached hydrogen (secondary N) is 1. The second-order valence-electron chi connectivity index (χ2n) is 3.41. The fourth-order valence-corrected chi connectivity index (χ4v) is 1.52. The molecule has 0 amide bonds. The zero-order valence-corrected chi connectivity index (χ0v) is 9.54. The van der Waals surface area contributed by atoms with Gasteiger partial charge >= 0.3 is 0 Å². The lowest BCUT2D eigenvalue weighted by atomic mass is 10.1. The Bertz CT molecular complexity index is 356. The first-order valence-corrected chi connectivity index (χ1v) is 4.97. The van der Waals surface area contributed by atoms with Gasteiger partial charge in [-0.15, -0.1) is 12.4 Å². The van der Waals surface area contributed by atoms with Gasteiger partial charge in [0.2, 0.25) is 0 Å². The molecule has 0 aromatic carbocycles. The van der Waals surface area contributed by atoms with Crippen molar-refractivity contribution in [3.8, 4) is 5.88 Å². The molecule has 86 valence electrons. The summed E-state index contributed by atoms with van der Waals surface area (Å²) in [5, 5.41) is 10.8. The number of ether oxygens (including phenoxy) is 1. The second kappa shape index (κ2) is 6.26. The van der Waals surface area contributed by atoms with Gasteiger partial charge in [-0.3, -0.25) is 0 Å². The van der Waals surface area contributed by atoms with Crippen LogP contribution in [0, 0.1) is 6.57 Å². The van der Waals surface area contributed by atoms with Crippen molar-refractivity contribution in [2.75, 3.05) is 13.1 Å². The highest BCUT2D eigenvalue weighted by Gasteiger charge is 2.15. The molecule has 0 bridgehead atoms. The molecule has 16 heavy (non-hydrogen) atoms. The van der Waals surface area contributed by atoms with Crippen LogP contribution in [0.4, 0.5) is 5.82 Å². The van der Waals surface area contributed by atoms with Crippen LogP contribution in [0.1, 0.15) is 12.8 Å². The molecule has 0 unspecified atom stereocenters. The number of aromatic nitrogens is 2. The third-order valence-electron chi connectivity index (χ3n) is 2.31. The van der Waals surface area contributed by atoms with Crippen LogP contribution in [-0.4, -0.2) is 29.4 Å². The van der Waals surface area contributed by atoms with Gasteiger partial charge in [0.1, 0.15) is 6.10 Å². The number of nitrogens with zero attached hydrogens (tertiary/aromatic N) is 3. The van der Waals surface area contributed by atoms with Crippen LogP contribution < -0.4 is 10.1 Å². The van der Waals surface area contributed by atoms with Crippen molar-refractivity contribution < 1.29 is 4.74 Å². The van der Waals surface area contributed by atoms with E-state index in [9.17, 15) is 0 Å². The minimum absolute atomic E-state index is 0. The maximum Gasteiger partial charge on any atom is 0.296 e. The Morgan fingerprint density at radius 2 is 2.06 bits per heavy atom. The molecule has 2 rings (SSSR count). The van der Waals surface area contributed by atoms with Gasteiger partial charge in [0.25, 0.3) is 11.7 Å². The van der Waals surface area contributed by atoms with Crippen LogP contribution in [0.2, 0.25) is 0 Å². The Kier molecular flexibility index (Phi) is 4.96. The predicted octanol–water partition coefficient (Wildman–Crippen LogP) is 1.58. The largest absolute Gasteiger partial charge is 0.472 e. The summed E-state index contributed by atoms with van der Waals surface area (Å²) in [6, 6.07) is 3.32. The lowest BCUT2D eigenvalue weighted by Gasteiger charge is -2.22. The van der Waals surface area contributed by atoms with Gasteiger partial charge in [-0.05, 0) is 43.2 Å². The summed E-state index contributed by atoms with van der Waals surface area (Å²) in [6.45, 7) is 8.71. The van der Waals surface area contributed by atoms with Gasteiger partial charge < -0.3 is 14.9 Å². The molecule has 1 aromatic heterocycles. The molecule has 6 heteroatoms. The monoisotopic (exact) mass is 240 g/mol. The van der Waals surface area contributed by atoms with E-state index in [0.717, 1.165) is 25.9 Å². The molecule has 0 spiro atoms. The lowest BCUT2D eigenvalue weighted by Crippen LogP contribution is -2.34. The van der Waals surface area contributed by atoms with E-state index in [-0.39, 0.29) is 18.5 Å². The number of hydrogen-bond acceptors (Lipinski definition) is 4. The first kappa shape index (κ1) is 12.7. The Labute approximate surface area is 100 Å². The third-order valence-corrected chi connectivity index (χ3v) is 2.31. The van der Waals surface area contributed by atoms with E-state index in [0.29, 0.717) is 11.7 Å². The van der Waals surface area contributed by atoms with Crippen molar-refractivity contribution in [1.29, 1.82) is 0 Å². The highest BCUT2D eigenvalue weighted by atomic mass is 35.5. The number of hydrogen-bond donors (Lipinski definition) is 1. The summed E-state index contributed by atoms with van der Waals surface area (Å²) >= 11 is 0. The molecule has 0 radical (unpaired) electrons. The molecule has 0 saturated carbocycles. The highest BCUT2D eigenvalue weighted by molar-refractivity contribution is 5.85. The van der Waals surface area contributed by atoms with E-state index < -0.39 is 0 Å². The summed E-state index contributed by atoms with van der Waals surface area (Å²) in [7, 11) is 0. The summed E-state index contributed by atoms with van der Waals surface area (Å²) < 4.78 is 5.64. The lowest BCUT2D eigenvalue weighted by molar-refractivity contribution is 0.154. The average Bonchev–Trinajstić information content (AvgIpc) is 2.31. The van der Waals surface area contributed by atoms with E-state index in [2.05, 4.69) is 20.4 Å². The molecule has 0 atom stereocenters. The molecular weight excluding hydrogens is 228 g/mol. The molecule has 1 aromatic rings. The van der Waals surface area contributed by atoms with E-state index in [4.69, 9.17) is 11.3 Å². The number of halogens is 1. The smallest absolute Gasteiger partial charge is 0.296 e. The van der Waals surface area contributed by atoms with Crippen LogP contribution >= 0.6 is 12.4 Å². The van der Waals surface area contributed by atoms with Crippen LogP contribution in [0.15, 0.2) is 12.1 Å². The van der Waals surface area contributed by atoms with Crippen molar-refractivity contribution in [2.24, 2.45) is 0 Å². The number of piperidine rings is 1. The molecule has 2 heterocycles. The van der Waals surface area contributed by atoms with Crippen molar-refractivity contribution in [1.82, 2.24) is 15.5 Å². The molecule has 1 fully saturated rings. The fraction of sp³-hybridized carbons (Fsp3) is 0.500. The SMILES string of the molecule is Cl.[C-]#[N+]c1ccc(OC2CCNCC2)nn1. The standard InChI is InChI=1S/C10H12N4O.ClH/c1-11-9-2-3-10(14-13-9)15-8-4-6-12-7-5-8;/h2-3,8,12H,4-7H2;1H. The van der Waals surface area contributed by atoms with Gasteiger partial charge in [0.05, 0.1) is 0 Å². The van der Waals surface area contributed by atoms with Gasteiger partial charge in [0.15, 0.2) is 0 Å². The zero-order valence-electron chi connectivity index (χ0n) is 8.72. The van der Waals surface area contributed by atoms with E-state index in [1.807, 2.05) is 0 Å². The maximum atomic E-state index is 6.74. The maximum absolute atomic E-state index is 6.74. The van der Waals surface area contributed by atoms with Crippen molar-refractivity contribution in [2.45, 2.75) is 18.9 Å². The molecule has 1 N–H and O–H groups in total. The fourth-order valence-electron chi connectivity index (χ4n) is 1.52. The van der Waals surface area contributed by atoms with Gasteiger partial charge in [-0.1, -0.05) is 6.57 Å². The Balaban J connectivity index is 0.00000128. The quantitative estimate of drug-likeness (QED) is 0.798. The topological polar surface area (TPSA) is 51.4 Å². The summed E-state index contributed by atoms with van der Waals surface area (Å²) in [5.41, 5.74) is 0. The van der Waals surface area contributed by atoms with Crippen molar-refractivity contribution in [3.63, 3.8) is 0 Å². The molecule has 1 saturated heterocycles. The minimum atomic E-state index is 0. The van der Waals surface area contributed by atoms with Gasteiger partial charge in [-0.25, -0.2) is 0 Å². The van der Waals surface area contributed by atoms with Crippen molar-refractivity contribution in [3.05, 3.63) is 23.5 Å². The van der Waals surface area contributed by atoms with E-state index in [1.54, 1.807) is 12.1 Å². The Morgan fingerprint density at radius 1 is 1.31 bits per heavy atom. The Morgan fingerprint density at radius 3 is 2.62 bits per heavy atom. The molecule has 5 nitrogen and oxygen atoms in total. The molecule has 1 aliphatic rings. The highest BCUT2D eigenvalue weighted by Crippen LogP contribution is 2.15. The van der Waals surface area contributed by atoms with Gasteiger partial charge in [-0.2, -0.15) is 0 Å². The molecular formula is C10H13ClN4O. The molecule has 0 aliphatic carbocycles. The van der Waals surface area contributed by atoms with Gasteiger partial charge in [0, 0.05) is 5.10 Å². The first-order valence-electron chi connectivity index (χ1n) is 4.97. The zero-order chi connectivity index (χ0) is 10.5. The minimum Gasteiger partial charge on any atom is -0.472 e. The summed E-state index contributed by atoms with van der Waals surface area (Å²) in [6.07, 6.45) is 2.21. The predicted molar refractivity (Wildman–Crippen MR) is 62.1 cm³/mol. The third kappa shape index (κ3) is 3.33. The summed E-state index contributed by atoms with van der Waals surface area (Å²) in [4.78, 5) is 3.17. The van der Waals surface area contributed by atoms with E-state index in [1.165, 1.54) is 0 Å². The normalized spacial score (nSPS) is 15.9. The van der Waals surface area contributed by atoms with Crippen LogP contribution in [0.5, 0.6) is 5.88 Å². The van der Waals surface area contributed by atoms with Crippen LogP contribution in [-0.2, 0) is 0 Å². The molecule has 1 aliphatic heterocycles. The second-order valence-corrected chi connectivity index (χ2v) is 3.41. The Hall–Kier alpha value is -1.38. The van der Waals surface area contributed by atoms with E-state index >= 15 is 0 Å². The van der Waals surface area contributed by atoms with Crippen molar-refractivity contribution >= 4 is 18.2 Å². The first-order chi connectivity index (χ1) is 7.38. The van der Waals surface area contributed by atoms with Crippen LogP contribution in [0.25, 0.3) is 4.85 Å².